The lowest BCUT2D eigenvalue weighted by Crippen LogP contribution is -2.76. The minimum absolute atomic E-state index is 0.200. The standard InChI is InChI=1S/C29H34O10/c1-13(2)27-21(35-16(5)31)15(4)28-18-11-14(3)20(32)26(18,34)24(33)25(12-30)22(36-25)19(28)23(27)37-29(38-27,39-28)17-9-7-6-8-10-17/h6-10,14-15,18-19,21-24,30,33-34H,1,11-12H2,2-5H3/t14-,15+,18+,19-,21+,22-,23+,24+,25-,26+,27-,28-,29?/m0/s1. The summed E-state index contributed by atoms with van der Waals surface area (Å²) in [5, 5.41) is 34.5. The summed E-state index contributed by atoms with van der Waals surface area (Å²) in [4.78, 5) is 26.2. The van der Waals surface area contributed by atoms with E-state index >= 15 is 0 Å². The highest BCUT2D eigenvalue weighted by atomic mass is 16.9. The van der Waals surface area contributed by atoms with Gasteiger partial charge in [0.2, 0.25) is 0 Å². The number of esters is 1. The summed E-state index contributed by atoms with van der Waals surface area (Å²) < 4.78 is 32.7. The van der Waals surface area contributed by atoms with E-state index < -0.39 is 94.8 Å². The minimum atomic E-state index is -2.29. The van der Waals surface area contributed by atoms with Gasteiger partial charge in [0.05, 0.1) is 12.2 Å². The van der Waals surface area contributed by atoms with Crippen LogP contribution in [0.5, 0.6) is 0 Å². The Morgan fingerprint density at radius 2 is 1.82 bits per heavy atom. The Labute approximate surface area is 225 Å². The van der Waals surface area contributed by atoms with Crippen LogP contribution in [-0.2, 0) is 39.2 Å². The van der Waals surface area contributed by atoms with E-state index in [1.165, 1.54) is 6.92 Å². The number of aliphatic hydroxyl groups is 3. The molecule has 39 heavy (non-hydrogen) atoms. The molecule has 3 N–H and O–H groups in total. The van der Waals surface area contributed by atoms with Crippen molar-refractivity contribution in [1.82, 2.24) is 0 Å². The van der Waals surface area contributed by atoms with Crippen LogP contribution in [0.1, 0.15) is 39.7 Å². The Bertz CT molecular complexity index is 1280. The van der Waals surface area contributed by atoms with Crippen LogP contribution in [0.2, 0.25) is 0 Å². The number of carbonyl (C=O) groups is 2. The first kappa shape index (κ1) is 25.8. The molecule has 3 aliphatic heterocycles. The van der Waals surface area contributed by atoms with Crippen molar-refractivity contribution < 1.29 is 48.6 Å². The highest BCUT2D eigenvalue weighted by Gasteiger charge is 2.91. The summed E-state index contributed by atoms with van der Waals surface area (Å²) in [6.07, 6.45) is -4.18. The molecule has 10 nitrogen and oxygen atoms in total. The number of ketones is 1. The van der Waals surface area contributed by atoms with Crippen molar-refractivity contribution in [2.24, 2.45) is 23.7 Å². The Balaban J connectivity index is 1.55. The van der Waals surface area contributed by atoms with E-state index in [-0.39, 0.29) is 6.42 Å². The van der Waals surface area contributed by atoms with Gasteiger partial charge in [0.15, 0.2) is 17.0 Å². The van der Waals surface area contributed by atoms with Crippen LogP contribution in [0.25, 0.3) is 0 Å². The van der Waals surface area contributed by atoms with E-state index in [9.17, 15) is 24.9 Å². The molecule has 1 aromatic carbocycles. The number of rotatable bonds is 4. The van der Waals surface area contributed by atoms with Gasteiger partial charge >= 0.3 is 11.9 Å². The molecule has 6 aliphatic rings. The Morgan fingerprint density at radius 1 is 1.13 bits per heavy atom. The predicted octanol–water partition coefficient (Wildman–Crippen LogP) is 0.954. The lowest BCUT2D eigenvalue weighted by molar-refractivity contribution is -0.443. The lowest BCUT2D eigenvalue weighted by atomic mass is 9.52. The number of aliphatic hydroxyl groups excluding tert-OH is 2. The van der Waals surface area contributed by atoms with Crippen LogP contribution in [0, 0.1) is 23.7 Å². The number of benzene rings is 1. The average molecular weight is 543 g/mol. The molecule has 1 unspecified atom stereocenters. The van der Waals surface area contributed by atoms with Gasteiger partial charge in [-0.25, -0.2) is 0 Å². The molecule has 3 saturated heterocycles. The van der Waals surface area contributed by atoms with E-state index in [0.717, 1.165) is 0 Å². The molecular weight excluding hydrogens is 508 g/mol. The van der Waals surface area contributed by atoms with Crippen molar-refractivity contribution in [2.45, 2.75) is 86.9 Å². The molecule has 10 heteroatoms. The summed E-state index contributed by atoms with van der Waals surface area (Å²) in [5.74, 6) is -5.81. The molecule has 3 aliphatic carbocycles. The zero-order valence-corrected chi connectivity index (χ0v) is 22.3. The summed E-state index contributed by atoms with van der Waals surface area (Å²) in [6.45, 7) is 10.2. The maximum Gasteiger partial charge on any atom is 0.314 e. The molecule has 3 saturated carbocycles. The third-order valence-corrected chi connectivity index (χ3v) is 10.6. The van der Waals surface area contributed by atoms with Crippen LogP contribution in [0.3, 0.4) is 0 Å². The molecule has 1 aromatic rings. The Kier molecular flexibility index (Phi) is 4.99. The van der Waals surface area contributed by atoms with E-state index in [1.54, 1.807) is 26.0 Å². The molecule has 0 amide bonds. The van der Waals surface area contributed by atoms with E-state index in [1.807, 2.05) is 25.1 Å². The zero-order valence-electron chi connectivity index (χ0n) is 22.3. The van der Waals surface area contributed by atoms with Crippen LogP contribution < -0.4 is 0 Å². The van der Waals surface area contributed by atoms with Crippen LogP contribution >= 0.6 is 0 Å². The van der Waals surface area contributed by atoms with Gasteiger partial charge in [0, 0.05) is 36.2 Å². The molecule has 210 valence electrons. The second-order valence-corrected chi connectivity index (χ2v) is 12.4. The SMILES string of the molecule is C=C(C)[C@@]12OC3(c4ccccc4)O[C@@H]1[C@@H]1[C@@H]4O[C@]4(CO)[C@@H](O)[C@]4(O)C(=O)[C@@H](C)C[C@H]4[C@@]1(O3)[C@H](C)[C@H]2OC(C)=O. The quantitative estimate of drug-likeness (QED) is 0.286. The second kappa shape index (κ2) is 7.55. The minimum Gasteiger partial charge on any atom is -0.459 e. The third-order valence-electron chi connectivity index (χ3n) is 10.6. The summed E-state index contributed by atoms with van der Waals surface area (Å²) in [6, 6.07) is 9.06. The maximum absolute atomic E-state index is 13.7. The lowest BCUT2D eigenvalue weighted by Gasteiger charge is -2.61. The van der Waals surface area contributed by atoms with Crippen molar-refractivity contribution in [3.05, 3.63) is 48.0 Å². The van der Waals surface area contributed by atoms with Crippen molar-refractivity contribution in [2.75, 3.05) is 6.61 Å². The molecule has 0 radical (unpaired) electrons. The number of ether oxygens (including phenoxy) is 5. The fraction of sp³-hybridized carbons (Fsp3) is 0.655. The molecule has 6 fully saturated rings. The van der Waals surface area contributed by atoms with Gasteiger partial charge in [-0.15, -0.1) is 0 Å². The van der Waals surface area contributed by atoms with Crippen LogP contribution in [0.15, 0.2) is 42.5 Å². The second-order valence-electron chi connectivity index (χ2n) is 12.4. The van der Waals surface area contributed by atoms with Crippen LogP contribution in [0.4, 0.5) is 0 Å². The molecule has 0 aromatic heterocycles. The smallest absolute Gasteiger partial charge is 0.314 e. The molecule has 3 heterocycles. The first-order chi connectivity index (χ1) is 18.4. The van der Waals surface area contributed by atoms with Gasteiger partial charge in [-0.2, -0.15) is 0 Å². The van der Waals surface area contributed by atoms with Gasteiger partial charge in [-0.1, -0.05) is 50.8 Å². The fourth-order valence-electron chi connectivity index (χ4n) is 8.94. The van der Waals surface area contributed by atoms with Gasteiger partial charge in [0.1, 0.15) is 30.0 Å². The van der Waals surface area contributed by atoms with Crippen molar-refractivity contribution in [3.8, 4) is 0 Å². The third kappa shape index (κ3) is 2.63. The van der Waals surface area contributed by atoms with E-state index in [4.69, 9.17) is 23.7 Å². The highest BCUT2D eigenvalue weighted by molar-refractivity contribution is 5.93. The van der Waals surface area contributed by atoms with Crippen LogP contribution in [-0.4, -0.2) is 80.5 Å². The molecule has 3 bridgehead atoms. The number of Topliss-reactive ketones (excluding diaryl/α,β-unsaturated/α-hetero) is 1. The first-order valence-corrected chi connectivity index (χ1v) is 13.6. The molecular formula is C29H34O10. The number of epoxide rings is 1. The van der Waals surface area contributed by atoms with Gasteiger partial charge in [-0.05, 0) is 18.9 Å². The maximum atomic E-state index is 13.7. The number of hydrogen-bond donors (Lipinski definition) is 3. The average Bonchev–Trinajstić information content (AvgIpc) is 3.53. The number of carbonyl (C=O) groups excluding carboxylic acids is 2. The number of fused-ring (bicyclic) bond motifs is 3. The highest BCUT2D eigenvalue weighted by Crippen LogP contribution is 2.74. The van der Waals surface area contributed by atoms with Crippen molar-refractivity contribution in [3.63, 3.8) is 0 Å². The predicted molar refractivity (Wildman–Crippen MR) is 132 cm³/mol. The van der Waals surface area contributed by atoms with E-state index in [0.29, 0.717) is 11.1 Å². The summed E-state index contributed by atoms with van der Waals surface area (Å²) in [5.41, 5.74) is -5.63. The topological polar surface area (TPSA) is 144 Å². The van der Waals surface area contributed by atoms with Crippen molar-refractivity contribution >= 4 is 11.8 Å². The molecule has 7 rings (SSSR count). The van der Waals surface area contributed by atoms with Gasteiger partial charge in [-0.3, -0.25) is 9.59 Å². The Hall–Kier alpha value is -2.18. The van der Waals surface area contributed by atoms with Crippen molar-refractivity contribution in [1.29, 1.82) is 0 Å². The largest absolute Gasteiger partial charge is 0.459 e. The molecule has 13 atom stereocenters. The monoisotopic (exact) mass is 542 g/mol. The number of hydrogen-bond acceptors (Lipinski definition) is 10. The van der Waals surface area contributed by atoms with Gasteiger partial charge < -0.3 is 39.0 Å². The molecule has 0 spiro atoms. The summed E-state index contributed by atoms with van der Waals surface area (Å²) in [7, 11) is 0. The normalized spacial score (nSPS) is 54.4. The Morgan fingerprint density at radius 3 is 2.44 bits per heavy atom. The van der Waals surface area contributed by atoms with Gasteiger partial charge in [0.25, 0.3) is 0 Å². The van der Waals surface area contributed by atoms with E-state index in [2.05, 4.69) is 6.58 Å². The zero-order chi connectivity index (χ0) is 27.9. The fourth-order valence-corrected chi connectivity index (χ4v) is 8.94. The first-order valence-electron chi connectivity index (χ1n) is 13.6. The summed E-state index contributed by atoms with van der Waals surface area (Å²) >= 11 is 0.